The second-order valence-corrected chi connectivity index (χ2v) is 3.66. The van der Waals surface area contributed by atoms with Crippen LogP contribution in [0.15, 0.2) is 0 Å². The normalized spacial score (nSPS) is 18.0. The zero-order valence-corrected chi connectivity index (χ0v) is 9.11. The third-order valence-corrected chi connectivity index (χ3v) is 2.19. The smallest absolute Gasteiger partial charge is 0.178 e. The Balaban J connectivity index is 1.90. The van der Waals surface area contributed by atoms with Crippen molar-refractivity contribution in [2.45, 2.75) is 6.42 Å². The molecule has 0 aromatic heterocycles. The van der Waals surface area contributed by atoms with E-state index < -0.39 is 0 Å². The van der Waals surface area contributed by atoms with Crippen LogP contribution in [-0.4, -0.2) is 49.4 Å². The molecule has 1 saturated heterocycles. The van der Waals surface area contributed by atoms with E-state index in [0.29, 0.717) is 0 Å². The number of morpholine rings is 1. The highest BCUT2D eigenvalue weighted by Gasteiger charge is 2.08. The number of thiocarbonyl (C=S) groups is 1. The third-order valence-electron chi connectivity index (χ3n) is 2.09. The van der Waals surface area contributed by atoms with Crippen LogP contribution in [0.2, 0.25) is 0 Å². The van der Waals surface area contributed by atoms with Gasteiger partial charge in [0.15, 0.2) is 5.11 Å². The van der Waals surface area contributed by atoms with Crippen molar-refractivity contribution < 1.29 is 4.74 Å². The molecule has 1 aliphatic rings. The molecule has 1 aliphatic heterocycles. The zero-order chi connectivity index (χ0) is 10.2. The van der Waals surface area contributed by atoms with Gasteiger partial charge >= 0.3 is 0 Å². The molecule has 0 amide bonds. The molecule has 0 atom stereocenters. The van der Waals surface area contributed by atoms with Crippen LogP contribution in [0.1, 0.15) is 6.42 Å². The first kappa shape index (κ1) is 11.6. The van der Waals surface area contributed by atoms with Gasteiger partial charge in [-0.15, -0.1) is 0 Å². The van der Waals surface area contributed by atoms with E-state index >= 15 is 0 Å². The number of nitrogens with zero attached hydrogens (tertiary/aromatic N) is 1. The van der Waals surface area contributed by atoms with E-state index in [2.05, 4.69) is 28.0 Å². The SMILES string of the molecule is NC(=S)NNCCCN1CCOCC1. The second kappa shape index (κ2) is 6.94. The summed E-state index contributed by atoms with van der Waals surface area (Å²) < 4.78 is 5.26. The summed E-state index contributed by atoms with van der Waals surface area (Å²) in [6, 6.07) is 0. The van der Waals surface area contributed by atoms with Crippen molar-refractivity contribution in [2.24, 2.45) is 5.73 Å². The number of hydrogen-bond donors (Lipinski definition) is 3. The van der Waals surface area contributed by atoms with Gasteiger partial charge in [0.1, 0.15) is 0 Å². The van der Waals surface area contributed by atoms with Crippen molar-refractivity contribution in [1.29, 1.82) is 0 Å². The van der Waals surface area contributed by atoms with Crippen molar-refractivity contribution in [3.05, 3.63) is 0 Å². The van der Waals surface area contributed by atoms with Crippen molar-refractivity contribution in [3.63, 3.8) is 0 Å². The van der Waals surface area contributed by atoms with E-state index in [9.17, 15) is 0 Å². The fourth-order valence-corrected chi connectivity index (χ4v) is 1.44. The van der Waals surface area contributed by atoms with E-state index in [0.717, 1.165) is 45.8 Å². The maximum Gasteiger partial charge on any atom is 0.178 e. The molecular weight excluding hydrogens is 200 g/mol. The largest absolute Gasteiger partial charge is 0.379 e. The van der Waals surface area contributed by atoms with Gasteiger partial charge in [-0.3, -0.25) is 10.3 Å². The maximum absolute atomic E-state index is 5.26. The lowest BCUT2D eigenvalue weighted by molar-refractivity contribution is 0.0374. The molecule has 0 spiro atoms. The maximum atomic E-state index is 5.26. The van der Waals surface area contributed by atoms with Gasteiger partial charge < -0.3 is 10.5 Å². The molecule has 82 valence electrons. The number of hydrogen-bond acceptors (Lipinski definition) is 4. The van der Waals surface area contributed by atoms with Gasteiger partial charge in [-0.25, -0.2) is 5.43 Å². The second-order valence-electron chi connectivity index (χ2n) is 3.22. The molecule has 14 heavy (non-hydrogen) atoms. The Morgan fingerprint density at radius 3 is 2.79 bits per heavy atom. The van der Waals surface area contributed by atoms with Gasteiger partial charge in [-0.1, -0.05) is 0 Å². The fourth-order valence-electron chi connectivity index (χ4n) is 1.37. The first-order valence-electron chi connectivity index (χ1n) is 4.87. The van der Waals surface area contributed by atoms with Gasteiger partial charge in [0.2, 0.25) is 0 Å². The summed E-state index contributed by atoms with van der Waals surface area (Å²) in [5.41, 5.74) is 10.9. The average Bonchev–Trinajstić information content (AvgIpc) is 2.18. The lowest BCUT2D eigenvalue weighted by atomic mass is 10.3. The number of ether oxygens (including phenoxy) is 1. The number of nitrogens with one attached hydrogen (secondary N) is 2. The fraction of sp³-hybridized carbons (Fsp3) is 0.875. The Hall–Kier alpha value is -0.430. The molecule has 0 aromatic carbocycles. The molecule has 0 aromatic rings. The van der Waals surface area contributed by atoms with Crippen molar-refractivity contribution in [1.82, 2.24) is 15.8 Å². The first-order chi connectivity index (χ1) is 6.79. The van der Waals surface area contributed by atoms with Crippen molar-refractivity contribution >= 4 is 17.3 Å². The topological polar surface area (TPSA) is 62.5 Å². The van der Waals surface area contributed by atoms with E-state index in [1.165, 1.54) is 0 Å². The van der Waals surface area contributed by atoms with Crippen LogP contribution in [0, 0.1) is 0 Å². The molecule has 4 N–H and O–H groups in total. The molecule has 1 fully saturated rings. The molecule has 0 radical (unpaired) electrons. The van der Waals surface area contributed by atoms with Crippen LogP contribution in [0.5, 0.6) is 0 Å². The molecule has 1 heterocycles. The van der Waals surface area contributed by atoms with Crippen LogP contribution in [-0.2, 0) is 4.74 Å². The summed E-state index contributed by atoms with van der Waals surface area (Å²) in [7, 11) is 0. The first-order valence-corrected chi connectivity index (χ1v) is 5.28. The highest BCUT2D eigenvalue weighted by molar-refractivity contribution is 7.80. The van der Waals surface area contributed by atoms with Gasteiger partial charge in [-0.05, 0) is 25.2 Å². The van der Waals surface area contributed by atoms with Gasteiger partial charge in [-0.2, -0.15) is 0 Å². The number of hydrazine groups is 1. The average molecular weight is 218 g/mol. The molecule has 0 saturated carbocycles. The lowest BCUT2D eigenvalue weighted by Crippen LogP contribution is -2.43. The van der Waals surface area contributed by atoms with Gasteiger partial charge in [0, 0.05) is 19.6 Å². The Morgan fingerprint density at radius 2 is 2.14 bits per heavy atom. The highest BCUT2D eigenvalue weighted by atomic mass is 32.1. The molecular formula is C8H18N4OS. The van der Waals surface area contributed by atoms with Gasteiger partial charge in [0.05, 0.1) is 13.2 Å². The van der Waals surface area contributed by atoms with Crippen LogP contribution < -0.4 is 16.6 Å². The standard InChI is InChI=1S/C8H18N4OS/c9-8(14)11-10-2-1-3-12-4-6-13-7-5-12/h10H,1-7H2,(H3,9,11,14). The molecule has 0 bridgehead atoms. The zero-order valence-electron chi connectivity index (χ0n) is 8.29. The minimum atomic E-state index is 0.288. The molecule has 5 nitrogen and oxygen atoms in total. The lowest BCUT2D eigenvalue weighted by Gasteiger charge is -2.26. The highest BCUT2D eigenvalue weighted by Crippen LogP contribution is 1.96. The Morgan fingerprint density at radius 1 is 1.43 bits per heavy atom. The van der Waals surface area contributed by atoms with Crippen LogP contribution in [0.3, 0.4) is 0 Å². The predicted molar refractivity (Wildman–Crippen MR) is 59.8 cm³/mol. The predicted octanol–water partition coefficient (Wildman–Crippen LogP) is -0.953. The summed E-state index contributed by atoms with van der Waals surface area (Å²) in [6.45, 7) is 5.77. The van der Waals surface area contributed by atoms with E-state index in [1.54, 1.807) is 0 Å². The minimum Gasteiger partial charge on any atom is -0.379 e. The monoisotopic (exact) mass is 218 g/mol. The summed E-state index contributed by atoms with van der Waals surface area (Å²) in [6.07, 6.45) is 1.08. The third kappa shape index (κ3) is 5.33. The molecule has 0 unspecified atom stereocenters. The molecule has 0 aliphatic carbocycles. The van der Waals surface area contributed by atoms with Crippen molar-refractivity contribution in [3.8, 4) is 0 Å². The van der Waals surface area contributed by atoms with E-state index in [1.807, 2.05) is 0 Å². The summed E-state index contributed by atoms with van der Waals surface area (Å²) in [5.74, 6) is 0. The minimum absolute atomic E-state index is 0.288. The van der Waals surface area contributed by atoms with Crippen LogP contribution in [0.4, 0.5) is 0 Å². The summed E-state index contributed by atoms with van der Waals surface area (Å²) >= 11 is 4.65. The summed E-state index contributed by atoms with van der Waals surface area (Å²) in [5, 5.41) is 0.288. The van der Waals surface area contributed by atoms with Crippen LogP contribution >= 0.6 is 12.2 Å². The summed E-state index contributed by atoms with van der Waals surface area (Å²) in [4.78, 5) is 2.39. The van der Waals surface area contributed by atoms with Crippen molar-refractivity contribution in [2.75, 3.05) is 39.4 Å². The van der Waals surface area contributed by atoms with E-state index in [4.69, 9.17) is 10.5 Å². The Labute approximate surface area is 89.9 Å². The van der Waals surface area contributed by atoms with E-state index in [-0.39, 0.29) is 5.11 Å². The Kier molecular flexibility index (Phi) is 5.77. The number of rotatable bonds is 5. The van der Waals surface area contributed by atoms with Gasteiger partial charge in [0.25, 0.3) is 0 Å². The quantitative estimate of drug-likeness (QED) is 0.314. The molecule has 1 rings (SSSR count). The Bertz CT molecular complexity index is 173. The number of nitrogens with two attached hydrogens (primary N) is 1. The van der Waals surface area contributed by atoms with Crippen LogP contribution in [0.25, 0.3) is 0 Å². The molecule has 6 heteroatoms.